The van der Waals surface area contributed by atoms with Gasteiger partial charge in [-0.15, -0.1) is 5.10 Å². The zero-order chi connectivity index (χ0) is 17.2. The number of benzene rings is 2. The molecule has 1 heterocycles. The van der Waals surface area contributed by atoms with Crippen molar-refractivity contribution in [2.24, 2.45) is 0 Å². The zero-order valence-corrected chi connectivity index (χ0v) is 12.8. The predicted molar refractivity (Wildman–Crippen MR) is 86.9 cm³/mol. The number of aromatic nitrogens is 2. The maximum atomic E-state index is 13.0. The molecule has 0 radical (unpaired) electrons. The Balaban J connectivity index is 2.06. The molecule has 3 aromatic rings. The maximum Gasteiger partial charge on any atom is 0.416 e. The summed E-state index contributed by atoms with van der Waals surface area (Å²) in [5.41, 5.74) is 1.71. The fourth-order valence-electron chi connectivity index (χ4n) is 2.32. The van der Waals surface area contributed by atoms with Crippen LogP contribution >= 0.6 is 0 Å². The highest BCUT2D eigenvalue weighted by Gasteiger charge is 2.30. The van der Waals surface area contributed by atoms with Gasteiger partial charge >= 0.3 is 6.18 Å². The van der Waals surface area contributed by atoms with Crippen LogP contribution in [-0.2, 0) is 6.18 Å². The van der Waals surface area contributed by atoms with Crippen molar-refractivity contribution in [1.82, 2.24) is 10.2 Å². The van der Waals surface area contributed by atoms with Crippen molar-refractivity contribution in [1.29, 1.82) is 0 Å². The highest BCUT2D eigenvalue weighted by molar-refractivity contribution is 5.78. The first-order valence-corrected chi connectivity index (χ1v) is 7.27. The van der Waals surface area contributed by atoms with Crippen LogP contribution in [0.2, 0.25) is 0 Å². The Morgan fingerprint density at radius 1 is 0.875 bits per heavy atom. The molecule has 0 saturated heterocycles. The summed E-state index contributed by atoms with van der Waals surface area (Å²) in [6, 6.07) is 16.2. The molecular weight excluding hydrogens is 315 g/mol. The summed E-state index contributed by atoms with van der Waals surface area (Å²) < 4.78 is 38.9. The molecule has 24 heavy (non-hydrogen) atoms. The lowest BCUT2D eigenvalue weighted by atomic mass is 10.0. The number of alkyl halides is 3. The van der Waals surface area contributed by atoms with E-state index in [0.717, 1.165) is 17.8 Å². The van der Waals surface area contributed by atoms with Crippen LogP contribution in [0.25, 0.3) is 11.1 Å². The van der Waals surface area contributed by atoms with Crippen LogP contribution in [0.1, 0.15) is 11.3 Å². The van der Waals surface area contributed by atoms with Gasteiger partial charge in [0.15, 0.2) is 5.82 Å². The molecule has 0 spiro atoms. The molecule has 0 bridgehead atoms. The number of aryl methyl sites for hydroxylation is 1. The molecule has 6 heteroatoms. The van der Waals surface area contributed by atoms with Crippen molar-refractivity contribution in [3.05, 3.63) is 71.9 Å². The Kier molecular flexibility index (Phi) is 4.20. The average molecular weight is 329 g/mol. The Morgan fingerprint density at radius 3 is 2.33 bits per heavy atom. The molecule has 0 aliphatic heterocycles. The molecule has 0 aliphatic rings. The number of nitrogens with one attached hydrogen (secondary N) is 1. The minimum atomic E-state index is -4.39. The number of hydrogen-bond donors (Lipinski definition) is 1. The zero-order valence-electron chi connectivity index (χ0n) is 12.8. The molecule has 0 amide bonds. The van der Waals surface area contributed by atoms with E-state index in [1.165, 1.54) is 6.07 Å². The molecule has 3 nitrogen and oxygen atoms in total. The molecule has 0 saturated carbocycles. The maximum absolute atomic E-state index is 13.0. The first-order chi connectivity index (χ1) is 11.4. The first-order valence-electron chi connectivity index (χ1n) is 7.27. The standard InChI is InChI=1S/C18H14F3N3/c1-12-10-16(13-6-5-7-14(11-13)18(19,20)21)17(24-23-12)22-15-8-3-2-4-9-15/h2-11H,1H3,(H,22,24). The molecule has 1 aromatic heterocycles. The van der Waals surface area contributed by atoms with E-state index < -0.39 is 11.7 Å². The smallest absolute Gasteiger partial charge is 0.338 e. The highest BCUT2D eigenvalue weighted by Crippen LogP contribution is 2.34. The van der Waals surface area contributed by atoms with Gasteiger partial charge < -0.3 is 5.32 Å². The summed E-state index contributed by atoms with van der Waals surface area (Å²) in [5.74, 6) is 0.408. The quantitative estimate of drug-likeness (QED) is 0.716. The predicted octanol–water partition coefficient (Wildman–Crippen LogP) is 5.21. The third-order valence-corrected chi connectivity index (χ3v) is 3.45. The van der Waals surface area contributed by atoms with E-state index in [1.54, 1.807) is 19.1 Å². The van der Waals surface area contributed by atoms with E-state index in [9.17, 15) is 13.2 Å². The summed E-state index contributed by atoms with van der Waals surface area (Å²) in [7, 11) is 0. The number of rotatable bonds is 3. The van der Waals surface area contributed by atoms with Crippen molar-refractivity contribution in [3.63, 3.8) is 0 Å². The third-order valence-electron chi connectivity index (χ3n) is 3.45. The summed E-state index contributed by atoms with van der Waals surface area (Å²) in [4.78, 5) is 0. The second-order valence-electron chi connectivity index (χ2n) is 5.32. The third kappa shape index (κ3) is 3.53. The van der Waals surface area contributed by atoms with Gasteiger partial charge in [0.05, 0.1) is 11.3 Å². The molecule has 2 aromatic carbocycles. The van der Waals surface area contributed by atoms with Crippen molar-refractivity contribution in [3.8, 4) is 11.1 Å². The van der Waals surface area contributed by atoms with Gasteiger partial charge in [-0.3, -0.25) is 0 Å². The highest BCUT2D eigenvalue weighted by atomic mass is 19.4. The molecule has 0 aliphatic carbocycles. The monoisotopic (exact) mass is 329 g/mol. The minimum absolute atomic E-state index is 0.408. The van der Waals surface area contributed by atoms with E-state index in [1.807, 2.05) is 30.3 Å². The molecule has 1 N–H and O–H groups in total. The SMILES string of the molecule is Cc1cc(-c2cccc(C(F)(F)F)c2)c(Nc2ccccc2)nn1. The molecule has 0 atom stereocenters. The van der Waals surface area contributed by atoms with Crippen LogP contribution in [0.4, 0.5) is 24.7 Å². The van der Waals surface area contributed by atoms with Crippen LogP contribution in [0.5, 0.6) is 0 Å². The number of nitrogens with zero attached hydrogens (tertiary/aromatic N) is 2. The number of para-hydroxylation sites is 1. The lowest BCUT2D eigenvalue weighted by Gasteiger charge is -2.13. The molecule has 0 fully saturated rings. The lowest BCUT2D eigenvalue weighted by Crippen LogP contribution is -2.05. The Hall–Kier alpha value is -2.89. The largest absolute Gasteiger partial charge is 0.416 e. The van der Waals surface area contributed by atoms with E-state index in [4.69, 9.17) is 0 Å². The van der Waals surface area contributed by atoms with Gasteiger partial charge in [0.1, 0.15) is 0 Å². The van der Waals surface area contributed by atoms with Crippen LogP contribution in [0.15, 0.2) is 60.7 Å². The second kappa shape index (κ2) is 6.31. The number of halogens is 3. The van der Waals surface area contributed by atoms with Crippen molar-refractivity contribution < 1.29 is 13.2 Å². The van der Waals surface area contributed by atoms with E-state index in [0.29, 0.717) is 22.6 Å². The van der Waals surface area contributed by atoms with Crippen molar-refractivity contribution in [2.45, 2.75) is 13.1 Å². The van der Waals surface area contributed by atoms with Crippen LogP contribution in [0.3, 0.4) is 0 Å². The number of hydrogen-bond acceptors (Lipinski definition) is 3. The van der Waals surface area contributed by atoms with Crippen molar-refractivity contribution >= 4 is 11.5 Å². The van der Waals surface area contributed by atoms with Gasteiger partial charge in [-0.2, -0.15) is 18.3 Å². The van der Waals surface area contributed by atoms with Crippen molar-refractivity contribution in [2.75, 3.05) is 5.32 Å². The summed E-state index contributed by atoms with van der Waals surface area (Å²) in [6.07, 6.45) is -4.39. The van der Waals surface area contributed by atoms with E-state index in [-0.39, 0.29) is 0 Å². The van der Waals surface area contributed by atoms with Gasteiger partial charge in [0, 0.05) is 11.3 Å². The van der Waals surface area contributed by atoms with Gasteiger partial charge in [-0.05, 0) is 42.8 Å². The van der Waals surface area contributed by atoms with Crippen LogP contribution in [-0.4, -0.2) is 10.2 Å². The van der Waals surface area contributed by atoms with Crippen LogP contribution < -0.4 is 5.32 Å². The lowest BCUT2D eigenvalue weighted by molar-refractivity contribution is -0.137. The fourth-order valence-corrected chi connectivity index (χ4v) is 2.32. The molecule has 0 unspecified atom stereocenters. The van der Waals surface area contributed by atoms with E-state index >= 15 is 0 Å². The van der Waals surface area contributed by atoms with Gasteiger partial charge in [0.25, 0.3) is 0 Å². The summed E-state index contributed by atoms with van der Waals surface area (Å²) >= 11 is 0. The normalized spacial score (nSPS) is 11.3. The number of anilines is 2. The Morgan fingerprint density at radius 2 is 1.62 bits per heavy atom. The van der Waals surface area contributed by atoms with Gasteiger partial charge in [-0.1, -0.05) is 30.3 Å². The van der Waals surface area contributed by atoms with Gasteiger partial charge in [0.2, 0.25) is 0 Å². The minimum Gasteiger partial charge on any atom is -0.338 e. The van der Waals surface area contributed by atoms with Gasteiger partial charge in [-0.25, -0.2) is 0 Å². The Labute approximate surface area is 137 Å². The fraction of sp³-hybridized carbons (Fsp3) is 0.111. The Bertz CT molecular complexity index is 846. The average Bonchev–Trinajstić information content (AvgIpc) is 2.57. The first kappa shape index (κ1) is 16.0. The molecular formula is C18H14F3N3. The van der Waals surface area contributed by atoms with E-state index in [2.05, 4.69) is 15.5 Å². The second-order valence-corrected chi connectivity index (χ2v) is 5.32. The summed E-state index contributed by atoms with van der Waals surface area (Å²) in [5, 5.41) is 11.2. The topological polar surface area (TPSA) is 37.8 Å². The summed E-state index contributed by atoms with van der Waals surface area (Å²) in [6.45, 7) is 1.75. The molecule has 3 rings (SSSR count). The van der Waals surface area contributed by atoms with Crippen LogP contribution in [0, 0.1) is 6.92 Å². The molecule has 122 valence electrons.